The summed E-state index contributed by atoms with van der Waals surface area (Å²) in [7, 11) is 4.48. The number of carbonyl (C=O) groups excluding carboxylic acids is 2. The van der Waals surface area contributed by atoms with Gasteiger partial charge in [-0.25, -0.2) is 0 Å². The van der Waals surface area contributed by atoms with Gasteiger partial charge in [0.25, 0.3) is 0 Å². The third-order valence-corrected chi connectivity index (χ3v) is 8.52. The Morgan fingerprint density at radius 1 is 0.975 bits per heavy atom. The predicted molar refractivity (Wildman–Crippen MR) is 143 cm³/mol. The van der Waals surface area contributed by atoms with Crippen molar-refractivity contribution in [1.82, 2.24) is 4.90 Å². The molecule has 9 nitrogen and oxygen atoms in total. The predicted octanol–water partition coefficient (Wildman–Crippen LogP) is 3.11. The first-order valence-electron chi connectivity index (χ1n) is 13.2. The number of fused-ring (bicyclic) bond motifs is 3. The maximum atomic E-state index is 14.7. The highest BCUT2D eigenvalue weighted by Gasteiger charge is 2.78. The molecule has 2 N–H and O–H groups in total. The molecule has 0 spiro atoms. The lowest BCUT2D eigenvalue weighted by Crippen LogP contribution is -2.50. The van der Waals surface area contributed by atoms with Crippen LogP contribution in [0.1, 0.15) is 35.4 Å². The summed E-state index contributed by atoms with van der Waals surface area (Å²) in [6.45, 7) is 0.317. The van der Waals surface area contributed by atoms with E-state index in [9.17, 15) is 19.8 Å². The van der Waals surface area contributed by atoms with Gasteiger partial charge in [0.2, 0.25) is 11.5 Å². The summed E-state index contributed by atoms with van der Waals surface area (Å²) in [5.41, 5.74) is -2.83. The Bertz CT molecular complexity index is 1460. The van der Waals surface area contributed by atoms with Gasteiger partial charge in [-0.05, 0) is 30.5 Å². The van der Waals surface area contributed by atoms with Crippen molar-refractivity contribution in [2.24, 2.45) is 5.92 Å². The zero-order valence-corrected chi connectivity index (χ0v) is 22.5. The topological polar surface area (TPSA) is 115 Å². The molecule has 5 atom stereocenters. The van der Waals surface area contributed by atoms with Gasteiger partial charge in [-0.3, -0.25) is 9.59 Å². The number of Topliss-reactive ketones (excluding diaryl/α,β-unsaturated/α-hetero) is 1. The average molecular weight is 546 g/mol. The van der Waals surface area contributed by atoms with E-state index >= 15 is 0 Å². The molecule has 208 valence electrons. The number of ketones is 1. The zero-order chi connectivity index (χ0) is 28.2. The number of carbonyl (C=O) groups is 2. The van der Waals surface area contributed by atoms with Crippen LogP contribution in [0, 0.1) is 5.92 Å². The molecule has 6 rings (SSSR count). The van der Waals surface area contributed by atoms with Crippen molar-refractivity contribution < 1.29 is 38.7 Å². The second kappa shape index (κ2) is 9.53. The van der Waals surface area contributed by atoms with E-state index in [-0.39, 0.29) is 17.1 Å². The van der Waals surface area contributed by atoms with Crippen LogP contribution in [0.5, 0.6) is 23.0 Å². The van der Waals surface area contributed by atoms with E-state index in [1.807, 2.05) is 30.3 Å². The highest BCUT2D eigenvalue weighted by molar-refractivity contribution is 6.11. The van der Waals surface area contributed by atoms with Crippen LogP contribution in [0.25, 0.3) is 0 Å². The van der Waals surface area contributed by atoms with Crippen molar-refractivity contribution >= 4 is 11.7 Å². The smallest absolute Gasteiger partial charge is 0.236 e. The summed E-state index contributed by atoms with van der Waals surface area (Å²) in [6, 6.07) is 19.2. The van der Waals surface area contributed by atoms with E-state index in [1.165, 1.54) is 19.1 Å². The molecule has 0 aromatic heterocycles. The Balaban J connectivity index is 1.67. The molecule has 1 aliphatic carbocycles. The van der Waals surface area contributed by atoms with E-state index in [2.05, 4.69) is 0 Å². The first kappa shape index (κ1) is 26.2. The van der Waals surface area contributed by atoms with Crippen LogP contribution in [-0.4, -0.2) is 60.9 Å². The second-order valence-electron chi connectivity index (χ2n) is 10.4. The number of likely N-dealkylation sites (tertiary alicyclic amines) is 1. The molecule has 2 unspecified atom stereocenters. The fourth-order valence-corrected chi connectivity index (χ4v) is 6.73. The molecule has 2 heterocycles. The average Bonchev–Trinajstić information content (AvgIpc) is 3.59. The number of hydrogen-bond donors (Lipinski definition) is 2. The van der Waals surface area contributed by atoms with Crippen molar-refractivity contribution in [2.45, 2.75) is 36.2 Å². The third kappa shape index (κ3) is 3.40. The van der Waals surface area contributed by atoms with Gasteiger partial charge in [0.15, 0.2) is 11.4 Å². The number of amides is 1. The fourth-order valence-electron chi connectivity index (χ4n) is 6.73. The van der Waals surface area contributed by atoms with Gasteiger partial charge in [0.1, 0.15) is 35.1 Å². The molecule has 1 saturated heterocycles. The van der Waals surface area contributed by atoms with Gasteiger partial charge >= 0.3 is 0 Å². The summed E-state index contributed by atoms with van der Waals surface area (Å²) >= 11 is 0. The molecule has 2 aliphatic heterocycles. The van der Waals surface area contributed by atoms with Crippen LogP contribution in [0.3, 0.4) is 0 Å². The van der Waals surface area contributed by atoms with Crippen LogP contribution in [-0.2, 0) is 20.8 Å². The molecule has 9 heteroatoms. The van der Waals surface area contributed by atoms with Crippen molar-refractivity contribution in [1.29, 1.82) is 0 Å². The summed E-state index contributed by atoms with van der Waals surface area (Å²) in [5, 5.41) is 23.5. The Hall–Kier alpha value is -4.08. The number of aliphatic hydroxyl groups is 2. The summed E-state index contributed by atoms with van der Waals surface area (Å²) in [4.78, 5) is 30.2. The second-order valence-corrected chi connectivity index (χ2v) is 10.4. The van der Waals surface area contributed by atoms with Crippen LogP contribution < -0.4 is 18.9 Å². The maximum absolute atomic E-state index is 14.7. The molecule has 0 bridgehead atoms. The van der Waals surface area contributed by atoms with E-state index in [1.54, 1.807) is 43.5 Å². The van der Waals surface area contributed by atoms with Gasteiger partial charge in [-0.1, -0.05) is 42.5 Å². The molecular weight excluding hydrogens is 514 g/mol. The van der Waals surface area contributed by atoms with Crippen molar-refractivity contribution in [2.75, 3.05) is 27.9 Å². The fraction of sp³-hybridized carbons (Fsp3) is 0.355. The molecule has 1 amide bonds. The standard InChI is InChI=1S/C31H31NO8/c1-37-20-13-11-19(12-14-20)31-26(18-8-5-4-6-9-18)25(29(35)32-15-7-10-24(32)33)28(34)30(31,36)27-22(39-3)16-21(38-2)17-23(27)40-31/h4-6,8-9,11-14,16-17,24-26,33,36H,7,10,15H2,1-3H3/t24?,25?,26-,30+,31+/m1/s1. The van der Waals surface area contributed by atoms with E-state index in [0.717, 1.165) is 0 Å². The Labute approximate surface area is 231 Å². The van der Waals surface area contributed by atoms with Crippen LogP contribution in [0.4, 0.5) is 0 Å². The third-order valence-electron chi connectivity index (χ3n) is 8.52. The lowest BCUT2D eigenvalue weighted by atomic mass is 9.70. The Kier molecular flexibility index (Phi) is 6.23. The van der Waals surface area contributed by atoms with Crippen molar-refractivity contribution in [3.63, 3.8) is 0 Å². The number of hydrogen-bond acceptors (Lipinski definition) is 8. The number of benzene rings is 3. The van der Waals surface area contributed by atoms with Gasteiger partial charge in [-0.15, -0.1) is 0 Å². The largest absolute Gasteiger partial charge is 0.497 e. The molecule has 0 radical (unpaired) electrons. The lowest BCUT2D eigenvalue weighted by molar-refractivity contribution is -0.154. The maximum Gasteiger partial charge on any atom is 0.236 e. The van der Waals surface area contributed by atoms with E-state index < -0.39 is 41.0 Å². The van der Waals surface area contributed by atoms with E-state index in [0.29, 0.717) is 42.0 Å². The number of aliphatic hydroxyl groups excluding tert-OH is 1. The quantitative estimate of drug-likeness (QED) is 0.454. The Morgan fingerprint density at radius 2 is 1.68 bits per heavy atom. The first-order chi connectivity index (χ1) is 19.3. The number of rotatable bonds is 6. The highest BCUT2D eigenvalue weighted by atomic mass is 16.5. The molecule has 3 aromatic carbocycles. The SMILES string of the molecule is COc1ccc([C@@]23Oc4cc(OC)cc(OC)c4[C@]2(O)C(=O)C(C(=O)N2CCCC2O)[C@H]3c2ccccc2)cc1. The minimum absolute atomic E-state index is 0.134. The number of ether oxygens (including phenoxy) is 4. The number of methoxy groups -OCH3 is 3. The van der Waals surface area contributed by atoms with Gasteiger partial charge in [0.05, 0.1) is 32.8 Å². The van der Waals surface area contributed by atoms with Crippen molar-refractivity contribution in [3.8, 4) is 23.0 Å². The van der Waals surface area contributed by atoms with E-state index in [4.69, 9.17) is 18.9 Å². The van der Waals surface area contributed by atoms with Crippen molar-refractivity contribution in [3.05, 3.63) is 83.4 Å². The monoisotopic (exact) mass is 545 g/mol. The first-order valence-corrected chi connectivity index (χ1v) is 13.2. The molecule has 3 aromatic rings. The van der Waals surface area contributed by atoms with Gasteiger partial charge in [-0.2, -0.15) is 0 Å². The molecular formula is C31H31NO8. The summed E-state index contributed by atoms with van der Waals surface area (Å²) < 4.78 is 23.3. The zero-order valence-electron chi connectivity index (χ0n) is 22.5. The normalized spacial score (nSPS) is 28.6. The molecule has 40 heavy (non-hydrogen) atoms. The molecule has 2 fully saturated rings. The summed E-state index contributed by atoms with van der Waals surface area (Å²) in [6.07, 6.45) is 0.0319. The van der Waals surface area contributed by atoms with Crippen LogP contribution in [0.15, 0.2) is 66.7 Å². The molecule has 3 aliphatic rings. The van der Waals surface area contributed by atoms with Gasteiger partial charge in [0, 0.05) is 24.2 Å². The number of nitrogens with zero attached hydrogens (tertiary/aromatic N) is 1. The Morgan fingerprint density at radius 3 is 2.27 bits per heavy atom. The summed E-state index contributed by atoms with van der Waals surface area (Å²) in [5.74, 6) is -2.16. The van der Waals surface area contributed by atoms with Crippen LogP contribution in [0.2, 0.25) is 0 Å². The minimum Gasteiger partial charge on any atom is -0.497 e. The van der Waals surface area contributed by atoms with Gasteiger partial charge < -0.3 is 34.1 Å². The van der Waals surface area contributed by atoms with Crippen LogP contribution >= 0.6 is 0 Å². The highest BCUT2D eigenvalue weighted by Crippen LogP contribution is 2.69. The molecule has 1 saturated carbocycles. The lowest BCUT2D eigenvalue weighted by Gasteiger charge is -2.39. The minimum atomic E-state index is -2.32.